The average molecular weight is 475 g/mol. The van der Waals surface area contributed by atoms with Gasteiger partial charge < -0.3 is 10.6 Å². The summed E-state index contributed by atoms with van der Waals surface area (Å²) >= 11 is 0. The lowest BCUT2D eigenvalue weighted by Crippen LogP contribution is -2.19. The van der Waals surface area contributed by atoms with Gasteiger partial charge in [-0.05, 0) is 60.6 Å². The largest absolute Gasteiger partial charge is 0.381 e. The molecule has 0 fully saturated rings. The second kappa shape index (κ2) is 11.8. The summed E-state index contributed by atoms with van der Waals surface area (Å²) in [5.74, 6) is 0.534. The van der Waals surface area contributed by atoms with Crippen molar-refractivity contribution in [3.63, 3.8) is 0 Å². The minimum absolute atomic E-state index is 0.256. The molecule has 0 bridgehead atoms. The van der Waals surface area contributed by atoms with Crippen molar-refractivity contribution in [2.75, 3.05) is 6.54 Å². The van der Waals surface area contributed by atoms with E-state index < -0.39 is 0 Å². The highest BCUT2D eigenvalue weighted by Crippen LogP contribution is 2.32. The minimum atomic E-state index is 0.256. The maximum absolute atomic E-state index is 3.57. The molecule has 0 aliphatic carbocycles. The molecule has 0 amide bonds. The van der Waals surface area contributed by atoms with Crippen molar-refractivity contribution in [2.24, 2.45) is 0 Å². The third-order valence-corrected chi connectivity index (χ3v) is 6.74. The summed E-state index contributed by atoms with van der Waals surface area (Å²) in [4.78, 5) is 0. The van der Waals surface area contributed by atoms with E-state index in [1.807, 2.05) is 0 Å². The second-order valence-electron chi connectivity index (χ2n) is 10.0. The number of nitrogens with one attached hydrogen (secondary N) is 2. The lowest BCUT2D eigenvalue weighted by molar-refractivity contribution is 0.716. The van der Waals surface area contributed by atoms with Crippen molar-refractivity contribution < 1.29 is 0 Å². The smallest absolute Gasteiger partial charge is 0.0701 e. The van der Waals surface area contributed by atoms with Gasteiger partial charge in [-0.15, -0.1) is 0 Å². The molecule has 2 N–H and O–H groups in total. The molecule has 1 atom stereocenters. The van der Waals surface area contributed by atoms with E-state index in [1.165, 1.54) is 50.2 Å². The van der Waals surface area contributed by atoms with Gasteiger partial charge in [-0.1, -0.05) is 116 Å². The third-order valence-electron chi connectivity index (χ3n) is 6.74. The van der Waals surface area contributed by atoms with E-state index in [-0.39, 0.29) is 6.04 Å². The van der Waals surface area contributed by atoms with Gasteiger partial charge >= 0.3 is 0 Å². The van der Waals surface area contributed by atoms with Crippen molar-refractivity contribution in [1.29, 1.82) is 0 Å². The summed E-state index contributed by atoms with van der Waals surface area (Å²) in [6.07, 6.45) is 8.81. The van der Waals surface area contributed by atoms with Gasteiger partial charge in [-0.25, -0.2) is 0 Å². The molecule has 2 heterocycles. The molecule has 2 aliphatic rings. The Labute approximate surface area is 217 Å². The van der Waals surface area contributed by atoms with Crippen LogP contribution in [0.15, 0.2) is 114 Å². The van der Waals surface area contributed by atoms with Crippen LogP contribution in [0.3, 0.4) is 0 Å². The predicted molar refractivity (Wildman–Crippen MR) is 155 cm³/mol. The van der Waals surface area contributed by atoms with E-state index in [4.69, 9.17) is 0 Å². The summed E-state index contributed by atoms with van der Waals surface area (Å²) in [7, 11) is 0. The molecule has 0 saturated heterocycles. The zero-order valence-electron chi connectivity index (χ0n) is 22.2. The van der Waals surface area contributed by atoms with Gasteiger partial charge in [0.25, 0.3) is 0 Å². The standard InChI is InChI=1S/C21H23N.C13H15N/c1-15(2)18-11-7-8-12-19(18)21-13-16(3)20(14-22-21)17-9-5-4-6-10-17;1-10-3-6-12(7-4-10)13-8-5-11(2)9-14-13/h4-15,21-22H,1-3H3;3-8,14H,9H2,1-2H3. The van der Waals surface area contributed by atoms with Crippen molar-refractivity contribution in [1.82, 2.24) is 10.6 Å². The fourth-order valence-corrected chi connectivity index (χ4v) is 4.61. The summed E-state index contributed by atoms with van der Waals surface area (Å²) in [6.45, 7) is 11.9. The van der Waals surface area contributed by atoms with Crippen LogP contribution < -0.4 is 10.6 Å². The number of hydrogen-bond donors (Lipinski definition) is 2. The lowest BCUT2D eigenvalue weighted by Gasteiger charge is -2.25. The van der Waals surface area contributed by atoms with Crippen molar-refractivity contribution in [2.45, 2.75) is 46.6 Å². The van der Waals surface area contributed by atoms with Gasteiger partial charge in [-0.3, -0.25) is 0 Å². The molecule has 0 spiro atoms. The highest BCUT2D eigenvalue weighted by Gasteiger charge is 2.18. The fraction of sp³-hybridized carbons (Fsp3) is 0.235. The first-order chi connectivity index (χ1) is 17.4. The Bertz CT molecular complexity index is 1290. The van der Waals surface area contributed by atoms with Gasteiger partial charge in [0.2, 0.25) is 0 Å². The van der Waals surface area contributed by atoms with Crippen LogP contribution in [-0.4, -0.2) is 6.54 Å². The Morgan fingerprint density at radius 1 is 0.750 bits per heavy atom. The first-order valence-corrected chi connectivity index (χ1v) is 12.9. The minimum Gasteiger partial charge on any atom is -0.381 e. The van der Waals surface area contributed by atoms with Crippen molar-refractivity contribution in [3.05, 3.63) is 142 Å². The van der Waals surface area contributed by atoms with E-state index in [2.05, 4.69) is 149 Å². The molecular formula is C34H38N2. The van der Waals surface area contributed by atoms with Crippen LogP contribution in [0.4, 0.5) is 0 Å². The Kier molecular flexibility index (Phi) is 8.28. The number of allylic oxidation sites excluding steroid dienone is 4. The van der Waals surface area contributed by atoms with Gasteiger partial charge in [0.05, 0.1) is 6.04 Å². The Balaban J connectivity index is 0.000000187. The topological polar surface area (TPSA) is 24.1 Å². The summed E-state index contributed by atoms with van der Waals surface area (Å²) in [6, 6.07) is 28.1. The Morgan fingerprint density at radius 2 is 1.44 bits per heavy atom. The maximum Gasteiger partial charge on any atom is 0.0701 e. The van der Waals surface area contributed by atoms with Crippen LogP contribution in [0.2, 0.25) is 0 Å². The summed E-state index contributed by atoms with van der Waals surface area (Å²) in [5, 5.41) is 6.97. The molecule has 0 aromatic heterocycles. The Morgan fingerprint density at radius 3 is 2.08 bits per heavy atom. The monoisotopic (exact) mass is 474 g/mol. The summed E-state index contributed by atoms with van der Waals surface area (Å²) < 4.78 is 0. The molecule has 5 rings (SSSR count). The van der Waals surface area contributed by atoms with E-state index in [0.717, 1.165) is 6.54 Å². The van der Waals surface area contributed by atoms with Crippen LogP contribution in [0.5, 0.6) is 0 Å². The highest BCUT2D eigenvalue weighted by molar-refractivity contribution is 5.79. The number of dihydropyridines is 2. The predicted octanol–water partition coefficient (Wildman–Crippen LogP) is 8.33. The van der Waals surface area contributed by atoms with Crippen molar-refractivity contribution in [3.8, 4) is 0 Å². The van der Waals surface area contributed by atoms with Gasteiger partial charge in [0.15, 0.2) is 0 Å². The summed E-state index contributed by atoms with van der Waals surface area (Å²) in [5.41, 5.74) is 11.8. The third kappa shape index (κ3) is 6.26. The van der Waals surface area contributed by atoms with Crippen LogP contribution >= 0.6 is 0 Å². The number of rotatable bonds is 4. The SMILES string of the molecule is CC1=CC(c2ccccc2C(C)C)NC=C1c1ccccc1.CC1=CC=C(c2ccc(C)cc2)NC1. The molecule has 2 heteroatoms. The molecular weight excluding hydrogens is 436 g/mol. The molecule has 184 valence electrons. The number of aryl methyl sites for hydroxylation is 1. The van der Waals surface area contributed by atoms with E-state index in [0.29, 0.717) is 5.92 Å². The average Bonchev–Trinajstić information content (AvgIpc) is 2.90. The zero-order valence-corrected chi connectivity index (χ0v) is 22.2. The quantitative estimate of drug-likeness (QED) is 0.397. The Hall–Kier alpha value is -3.78. The normalized spacial score (nSPS) is 16.9. The highest BCUT2D eigenvalue weighted by atomic mass is 14.9. The van der Waals surface area contributed by atoms with Gasteiger partial charge in [0.1, 0.15) is 0 Å². The maximum atomic E-state index is 3.57. The van der Waals surface area contributed by atoms with E-state index >= 15 is 0 Å². The molecule has 36 heavy (non-hydrogen) atoms. The second-order valence-corrected chi connectivity index (χ2v) is 10.0. The van der Waals surface area contributed by atoms with E-state index in [9.17, 15) is 0 Å². The van der Waals surface area contributed by atoms with Crippen LogP contribution in [0, 0.1) is 6.92 Å². The van der Waals surface area contributed by atoms with Crippen molar-refractivity contribution >= 4 is 11.3 Å². The molecule has 0 saturated carbocycles. The molecule has 3 aromatic rings. The first-order valence-electron chi connectivity index (χ1n) is 12.9. The van der Waals surface area contributed by atoms with Crippen LogP contribution in [-0.2, 0) is 0 Å². The number of benzene rings is 3. The van der Waals surface area contributed by atoms with Crippen LogP contribution in [0.25, 0.3) is 11.3 Å². The van der Waals surface area contributed by atoms with Crippen LogP contribution in [0.1, 0.15) is 67.5 Å². The molecule has 2 aliphatic heterocycles. The fourth-order valence-electron chi connectivity index (χ4n) is 4.61. The number of hydrogen-bond acceptors (Lipinski definition) is 2. The molecule has 3 aromatic carbocycles. The lowest BCUT2D eigenvalue weighted by atomic mass is 9.88. The molecule has 0 radical (unpaired) electrons. The van der Waals surface area contributed by atoms with Gasteiger partial charge in [-0.2, -0.15) is 0 Å². The van der Waals surface area contributed by atoms with E-state index in [1.54, 1.807) is 0 Å². The molecule has 2 nitrogen and oxygen atoms in total. The van der Waals surface area contributed by atoms with Gasteiger partial charge in [0, 0.05) is 24.0 Å². The first kappa shape index (κ1) is 25.3. The molecule has 1 unspecified atom stereocenters. The zero-order chi connectivity index (χ0) is 25.5.